The van der Waals surface area contributed by atoms with Crippen molar-refractivity contribution in [3.63, 3.8) is 0 Å². The lowest BCUT2D eigenvalue weighted by Crippen LogP contribution is -2.59. The van der Waals surface area contributed by atoms with E-state index in [4.69, 9.17) is 0 Å². The topological polar surface area (TPSA) is 54.4 Å². The third-order valence-electron chi connectivity index (χ3n) is 9.70. The number of aliphatic carboxylic acids is 1. The summed E-state index contributed by atoms with van der Waals surface area (Å²) in [5, 5.41) is 10.5. The van der Waals surface area contributed by atoms with Gasteiger partial charge in [-0.2, -0.15) is 0 Å². The zero-order valence-corrected chi connectivity index (χ0v) is 19.3. The van der Waals surface area contributed by atoms with Crippen LogP contribution in [-0.2, 0) is 9.59 Å². The van der Waals surface area contributed by atoms with Crippen LogP contribution in [0.25, 0.3) is 6.08 Å². The van der Waals surface area contributed by atoms with E-state index in [1.54, 1.807) is 6.08 Å². The fourth-order valence-electron chi connectivity index (χ4n) is 8.14. The van der Waals surface area contributed by atoms with E-state index in [0.29, 0.717) is 12.3 Å². The molecule has 4 aliphatic carbocycles. The van der Waals surface area contributed by atoms with E-state index in [1.165, 1.54) is 17.6 Å². The summed E-state index contributed by atoms with van der Waals surface area (Å²) in [4.78, 5) is 26.2. The van der Waals surface area contributed by atoms with E-state index in [9.17, 15) is 14.7 Å². The Labute approximate surface area is 191 Å². The number of fused-ring (bicyclic) bond motifs is 3. The van der Waals surface area contributed by atoms with Crippen molar-refractivity contribution in [3.05, 3.63) is 65.8 Å². The van der Waals surface area contributed by atoms with Crippen LogP contribution in [0.2, 0.25) is 0 Å². The molecule has 3 heteroatoms. The van der Waals surface area contributed by atoms with Crippen molar-refractivity contribution in [2.45, 2.75) is 58.8 Å². The summed E-state index contributed by atoms with van der Waals surface area (Å²) in [6, 6.07) is 9.74. The maximum absolute atomic E-state index is 13.3. The summed E-state index contributed by atoms with van der Waals surface area (Å²) in [6.45, 7) is 8.52. The van der Waals surface area contributed by atoms with Crippen molar-refractivity contribution in [1.29, 1.82) is 0 Å². The Morgan fingerprint density at radius 3 is 2.59 bits per heavy atom. The second kappa shape index (κ2) is 7.30. The van der Waals surface area contributed by atoms with Crippen LogP contribution in [0.4, 0.5) is 0 Å². The monoisotopic (exact) mass is 430 g/mol. The van der Waals surface area contributed by atoms with Gasteiger partial charge in [0.15, 0.2) is 5.78 Å². The summed E-state index contributed by atoms with van der Waals surface area (Å²) >= 11 is 0. The van der Waals surface area contributed by atoms with Crippen molar-refractivity contribution in [2.75, 3.05) is 0 Å². The first-order chi connectivity index (χ1) is 15.2. The Bertz CT molecular complexity index is 1030. The van der Waals surface area contributed by atoms with E-state index in [1.807, 2.05) is 43.3 Å². The van der Waals surface area contributed by atoms with E-state index >= 15 is 0 Å². The van der Waals surface area contributed by atoms with E-state index < -0.39 is 17.3 Å². The molecular formula is C29H34O3. The van der Waals surface area contributed by atoms with E-state index in [0.717, 1.165) is 37.7 Å². The summed E-state index contributed by atoms with van der Waals surface area (Å²) in [6.07, 6.45) is 12.6. The van der Waals surface area contributed by atoms with Gasteiger partial charge in [-0.3, -0.25) is 9.59 Å². The van der Waals surface area contributed by atoms with Gasteiger partial charge in [-0.25, -0.2) is 0 Å². The average molecular weight is 431 g/mol. The van der Waals surface area contributed by atoms with Crippen LogP contribution < -0.4 is 0 Å². The standard InChI is InChI=1S/C29H34O3/c1-19-17-29-16-14-24-27(2,25(29)12-10-21(19)18-29)15-13-22(28(24,3)26(31)32)23(30)11-9-20-7-5-4-6-8-20/h4-9,11-12,21-22,24H,1,10,13-18H2,2-3H3,(H,31,32)/b11-9+/t21-,22+,24+,27-,28+,29-/m1/s1. The lowest BCUT2D eigenvalue weighted by Gasteiger charge is -2.61. The number of ketones is 1. The molecular weight excluding hydrogens is 396 g/mol. The molecule has 168 valence electrons. The number of hydrogen-bond donors (Lipinski definition) is 1. The van der Waals surface area contributed by atoms with Gasteiger partial charge >= 0.3 is 5.97 Å². The first-order valence-electron chi connectivity index (χ1n) is 12.1. The molecule has 5 rings (SSSR count). The molecule has 1 aromatic rings. The van der Waals surface area contributed by atoms with Crippen LogP contribution in [0, 0.1) is 34.0 Å². The molecule has 1 spiro atoms. The lowest BCUT2D eigenvalue weighted by molar-refractivity contribution is -0.172. The maximum atomic E-state index is 13.3. The molecule has 32 heavy (non-hydrogen) atoms. The predicted molar refractivity (Wildman–Crippen MR) is 127 cm³/mol. The van der Waals surface area contributed by atoms with Gasteiger partial charge in [0.2, 0.25) is 0 Å². The SMILES string of the molecule is C=C1C[C@@]23CC[C@@H]4[C@@](C)(C(=O)O)[C@H](C(=O)/C=C/c5ccccc5)CC[C@@]4(C)C2=CC[C@@H]1C3. The molecule has 2 bridgehead atoms. The average Bonchev–Trinajstić information content (AvgIpc) is 3.00. The van der Waals surface area contributed by atoms with Crippen molar-refractivity contribution >= 4 is 17.8 Å². The molecule has 1 aromatic carbocycles. The Morgan fingerprint density at radius 1 is 1.12 bits per heavy atom. The molecule has 0 radical (unpaired) electrons. The van der Waals surface area contributed by atoms with Crippen LogP contribution in [0.5, 0.6) is 0 Å². The highest BCUT2D eigenvalue weighted by molar-refractivity contribution is 5.99. The van der Waals surface area contributed by atoms with Gasteiger partial charge in [0, 0.05) is 5.92 Å². The number of benzene rings is 1. The number of carbonyl (C=O) groups is 2. The van der Waals surface area contributed by atoms with Gasteiger partial charge < -0.3 is 5.11 Å². The van der Waals surface area contributed by atoms with Gasteiger partial charge in [-0.05, 0) is 86.2 Å². The van der Waals surface area contributed by atoms with Crippen LogP contribution in [0.15, 0.2) is 60.2 Å². The molecule has 0 aromatic heterocycles. The normalized spacial score (nSPS) is 40.5. The highest BCUT2D eigenvalue weighted by atomic mass is 16.4. The smallest absolute Gasteiger partial charge is 0.310 e. The minimum Gasteiger partial charge on any atom is -0.481 e. The molecule has 6 atom stereocenters. The highest BCUT2D eigenvalue weighted by Gasteiger charge is 2.65. The number of rotatable bonds is 4. The van der Waals surface area contributed by atoms with Crippen molar-refractivity contribution in [2.24, 2.45) is 34.0 Å². The van der Waals surface area contributed by atoms with Crippen molar-refractivity contribution in [1.82, 2.24) is 0 Å². The molecule has 1 N–H and O–H groups in total. The van der Waals surface area contributed by atoms with Crippen LogP contribution in [-0.4, -0.2) is 16.9 Å². The molecule has 0 unspecified atom stereocenters. The van der Waals surface area contributed by atoms with E-state index in [-0.39, 0.29) is 22.5 Å². The number of carboxylic acids is 1. The van der Waals surface area contributed by atoms with Crippen LogP contribution in [0.1, 0.15) is 64.4 Å². The Morgan fingerprint density at radius 2 is 1.88 bits per heavy atom. The van der Waals surface area contributed by atoms with Crippen LogP contribution in [0.3, 0.4) is 0 Å². The largest absolute Gasteiger partial charge is 0.481 e. The van der Waals surface area contributed by atoms with Gasteiger partial charge in [0.25, 0.3) is 0 Å². The zero-order chi connectivity index (χ0) is 22.7. The Kier molecular flexibility index (Phi) is 4.89. The van der Waals surface area contributed by atoms with E-state index in [2.05, 4.69) is 19.6 Å². The summed E-state index contributed by atoms with van der Waals surface area (Å²) < 4.78 is 0. The van der Waals surface area contributed by atoms with Gasteiger partial charge in [0.1, 0.15) is 0 Å². The van der Waals surface area contributed by atoms with Gasteiger partial charge in [-0.1, -0.05) is 67.1 Å². The molecule has 3 fully saturated rings. The Hall–Kier alpha value is -2.42. The summed E-state index contributed by atoms with van der Waals surface area (Å²) in [5.74, 6) is -0.773. The Balaban J connectivity index is 1.49. The second-order valence-corrected chi connectivity index (χ2v) is 11.2. The molecule has 3 saturated carbocycles. The van der Waals surface area contributed by atoms with Crippen LogP contribution >= 0.6 is 0 Å². The maximum Gasteiger partial charge on any atom is 0.310 e. The first-order valence-corrected chi connectivity index (χ1v) is 12.1. The third kappa shape index (κ3) is 2.93. The van der Waals surface area contributed by atoms with Gasteiger partial charge in [-0.15, -0.1) is 0 Å². The predicted octanol–water partition coefficient (Wildman–Crippen LogP) is 6.47. The van der Waals surface area contributed by atoms with Gasteiger partial charge in [0.05, 0.1) is 5.41 Å². The van der Waals surface area contributed by atoms with Crippen molar-refractivity contribution in [3.8, 4) is 0 Å². The molecule has 3 nitrogen and oxygen atoms in total. The first kappa shape index (κ1) is 21.4. The molecule has 0 saturated heterocycles. The molecule has 0 heterocycles. The number of carbonyl (C=O) groups excluding carboxylic acids is 1. The minimum absolute atomic E-state index is 0.0254. The number of hydrogen-bond acceptors (Lipinski definition) is 2. The zero-order valence-electron chi connectivity index (χ0n) is 19.3. The lowest BCUT2D eigenvalue weighted by atomic mass is 9.41. The fourth-order valence-corrected chi connectivity index (χ4v) is 8.14. The second-order valence-electron chi connectivity index (χ2n) is 11.2. The molecule has 0 aliphatic heterocycles. The number of allylic oxidation sites excluding steroid dienone is 4. The fraction of sp³-hybridized carbons (Fsp3) is 0.517. The highest BCUT2D eigenvalue weighted by Crippen LogP contribution is 2.71. The van der Waals surface area contributed by atoms with Crippen molar-refractivity contribution < 1.29 is 14.7 Å². The third-order valence-corrected chi connectivity index (χ3v) is 9.70. The summed E-state index contributed by atoms with van der Waals surface area (Å²) in [7, 11) is 0. The molecule has 0 amide bonds. The summed E-state index contributed by atoms with van der Waals surface area (Å²) in [5.41, 5.74) is 2.82. The minimum atomic E-state index is -1.06. The number of carboxylic acid groups (broad SMARTS) is 1. The molecule has 4 aliphatic rings. The quantitative estimate of drug-likeness (QED) is 0.440.